The largest absolute Gasteiger partial charge is 0.216 e. The lowest BCUT2D eigenvalue weighted by Crippen LogP contribution is -2.25. The minimum atomic E-state index is -3.71. The van der Waals surface area contributed by atoms with Gasteiger partial charge in [0.05, 0.1) is 5.75 Å². The standard InChI is InChI=1S/C14H12F3NO2S/c15-12-7-6-11(13(16)14(12)17)8-18-21(19,20)9-10-4-2-1-3-5-10/h1-7,18H,8-9H2. The van der Waals surface area contributed by atoms with E-state index in [4.69, 9.17) is 0 Å². The number of benzene rings is 2. The van der Waals surface area contributed by atoms with Crippen LogP contribution in [0.1, 0.15) is 11.1 Å². The normalized spacial score (nSPS) is 11.6. The molecule has 0 aliphatic carbocycles. The molecule has 21 heavy (non-hydrogen) atoms. The van der Waals surface area contributed by atoms with Crippen molar-refractivity contribution in [3.8, 4) is 0 Å². The molecular formula is C14H12F3NO2S. The first kappa shape index (κ1) is 15.5. The van der Waals surface area contributed by atoms with E-state index in [-0.39, 0.29) is 11.3 Å². The molecular weight excluding hydrogens is 303 g/mol. The van der Waals surface area contributed by atoms with Crippen LogP contribution in [0.2, 0.25) is 0 Å². The monoisotopic (exact) mass is 315 g/mol. The summed E-state index contributed by atoms with van der Waals surface area (Å²) in [7, 11) is -3.71. The fourth-order valence-corrected chi connectivity index (χ4v) is 2.84. The lowest BCUT2D eigenvalue weighted by Gasteiger charge is -2.08. The zero-order valence-electron chi connectivity index (χ0n) is 10.8. The molecule has 2 rings (SSSR count). The lowest BCUT2D eigenvalue weighted by molar-refractivity contribution is 0.440. The summed E-state index contributed by atoms with van der Waals surface area (Å²) in [5, 5.41) is 0. The highest BCUT2D eigenvalue weighted by Crippen LogP contribution is 2.15. The molecule has 0 atom stereocenters. The molecule has 2 aromatic rings. The predicted molar refractivity (Wildman–Crippen MR) is 72.2 cm³/mol. The summed E-state index contributed by atoms with van der Waals surface area (Å²) in [6.07, 6.45) is 0. The van der Waals surface area contributed by atoms with Crippen molar-refractivity contribution in [2.75, 3.05) is 0 Å². The van der Waals surface area contributed by atoms with Crippen LogP contribution in [0.25, 0.3) is 0 Å². The fourth-order valence-electron chi connectivity index (χ4n) is 1.73. The number of halogens is 3. The third kappa shape index (κ3) is 4.05. The van der Waals surface area contributed by atoms with Crippen LogP contribution < -0.4 is 4.72 Å². The molecule has 112 valence electrons. The van der Waals surface area contributed by atoms with Gasteiger partial charge in [0.1, 0.15) is 0 Å². The molecule has 0 radical (unpaired) electrons. The van der Waals surface area contributed by atoms with Gasteiger partial charge in [0, 0.05) is 12.1 Å². The molecule has 7 heteroatoms. The lowest BCUT2D eigenvalue weighted by atomic mass is 10.2. The van der Waals surface area contributed by atoms with Crippen molar-refractivity contribution in [3.05, 3.63) is 71.0 Å². The van der Waals surface area contributed by atoms with E-state index in [0.717, 1.165) is 12.1 Å². The molecule has 0 saturated heterocycles. The van der Waals surface area contributed by atoms with Crippen LogP contribution >= 0.6 is 0 Å². The third-order valence-electron chi connectivity index (χ3n) is 2.80. The Hall–Kier alpha value is -1.86. The Morgan fingerprint density at radius 1 is 0.905 bits per heavy atom. The van der Waals surface area contributed by atoms with E-state index in [1.54, 1.807) is 30.3 Å². The first-order valence-corrected chi connectivity index (χ1v) is 7.68. The zero-order valence-corrected chi connectivity index (χ0v) is 11.6. The highest BCUT2D eigenvalue weighted by molar-refractivity contribution is 7.88. The Bertz CT molecular complexity index is 733. The number of sulfonamides is 1. The Kier molecular flexibility index (Phi) is 4.64. The van der Waals surface area contributed by atoms with Crippen LogP contribution in [0.3, 0.4) is 0 Å². The van der Waals surface area contributed by atoms with Gasteiger partial charge in [0.15, 0.2) is 17.5 Å². The predicted octanol–water partition coefficient (Wildman–Crippen LogP) is 2.72. The van der Waals surface area contributed by atoms with Gasteiger partial charge in [0.2, 0.25) is 10.0 Å². The van der Waals surface area contributed by atoms with Crippen molar-refractivity contribution in [1.29, 1.82) is 0 Å². The smallest absolute Gasteiger partial charge is 0.212 e. The van der Waals surface area contributed by atoms with E-state index in [1.807, 2.05) is 0 Å². The maximum atomic E-state index is 13.4. The molecule has 0 aliphatic heterocycles. The van der Waals surface area contributed by atoms with Gasteiger partial charge in [-0.1, -0.05) is 36.4 Å². The quantitative estimate of drug-likeness (QED) is 0.862. The van der Waals surface area contributed by atoms with E-state index in [2.05, 4.69) is 4.72 Å². The van der Waals surface area contributed by atoms with Crippen molar-refractivity contribution in [2.24, 2.45) is 0 Å². The topological polar surface area (TPSA) is 46.2 Å². The van der Waals surface area contributed by atoms with Crippen LogP contribution in [-0.2, 0) is 22.3 Å². The zero-order chi connectivity index (χ0) is 15.5. The Balaban J connectivity index is 2.07. The average molecular weight is 315 g/mol. The first-order valence-electron chi connectivity index (χ1n) is 6.03. The number of rotatable bonds is 5. The van der Waals surface area contributed by atoms with Crippen LogP contribution in [0, 0.1) is 17.5 Å². The molecule has 0 heterocycles. The van der Waals surface area contributed by atoms with E-state index in [9.17, 15) is 21.6 Å². The Morgan fingerprint density at radius 3 is 2.24 bits per heavy atom. The maximum absolute atomic E-state index is 13.4. The minimum Gasteiger partial charge on any atom is -0.212 e. The summed E-state index contributed by atoms with van der Waals surface area (Å²) in [5.74, 6) is -4.60. The SMILES string of the molecule is O=S(=O)(Cc1ccccc1)NCc1ccc(F)c(F)c1F. The van der Waals surface area contributed by atoms with Gasteiger partial charge in [-0.2, -0.15) is 0 Å². The number of nitrogens with one attached hydrogen (secondary N) is 1. The van der Waals surface area contributed by atoms with E-state index in [0.29, 0.717) is 5.56 Å². The van der Waals surface area contributed by atoms with Crippen molar-refractivity contribution in [3.63, 3.8) is 0 Å². The second-order valence-electron chi connectivity index (χ2n) is 4.40. The molecule has 0 unspecified atom stereocenters. The minimum absolute atomic E-state index is 0.259. The summed E-state index contributed by atoms with van der Waals surface area (Å²) in [5.41, 5.74) is 0.307. The highest BCUT2D eigenvalue weighted by atomic mass is 32.2. The van der Waals surface area contributed by atoms with Gasteiger partial charge < -0.3 is 0 Å². The highest BCUT2D eigenvalue weighted by Gasteiger charge is 2.16. The van der Waals surface area contributed by atoms with Crippen LogP contribution in [0.5, 0.6) is 0 Å². The summed E-state index contributed by atoms with van der Waals surface area (Å²) < 4.78 is 65.0. The molecule has 3 nitrogen and oxygen atoms in total. The molecule has 1 N–H and O–H groups in total. The maximum Gasteiger partial charge on any atom is 0.216 e. The van der Waals surface area contributed by atoms with E-state index in [1.165, 1.54) is 0 Å². The number of hydrogen-bond donors (Lipinski definition) is 1. The van der Waals surface area contributed by atoms with Gasteiger partial charge in [0.25, 0.3) is 0 Å². The van der Waals surface area contributed by atoms with Crippen molar-refractivity contribution in [1.82, 2.24) is 4.72 Å². The van der Waals surface area contributed by atoms with Crippen LogP contribution in [0.4, 0.5) is 13.2 Å². The molecule has 0 aromatic heterocycles. The first-order chi connectivity index (χ1) is 9.89. The molecule has 0 saturated carbocycles. The summed E-state index contributed by atoms with van der Waals surface area (Å²) in [6.45, 7) is -0.446. The Labute approximate surface area is 120 Å². The molecule has 0 spiro atoms. The fraction of sp³-hybridized carbons (Fsp3) is 0.143. The van der Waals surface area contributed by atoms with Gasteiger partial charge in [-0.05, 0) is 11.6 Å². The molecule has 0 amide bonds. The average Bonchev–Trinajstić information content (AvgIpc) is 2.45. The second-order valence-corrected chi connectivity index (χ2v) is 6.21. The molecule has 0 fully saturated rings. The van der Waals surface area contributed by atoms with Crippen LogP contribution in [-0.4, -0.2) is 8.42 Å². The Morgan fingerprint density at radius 2 is 1.57 bits per heavy atom. The molecule has 0 aliphatic rings. The van der Waals surface area contributed by atoms with Gasteiger partial charge >= 0.3 is 0 Å². The second kappa shape index (κ2) is 6.28. The molecule has 0 bridgehead atoms. The van der Waals surface area contributed by atoms with E-state index >= 15 is 0 Å². The van der Waals surface area contributed by atoms with E-state index < -0.39 is 34.0 Å². The van der Waals surface area contributed by atoms with Gasteiger partial charge in [-0.3, -0.25) is 0 Å². The third-order valence-corrected chi connectivity index (χ3v) is 4.09. The molecule has 2 aromatic carbocycles. The van der Waals surface area contributed by atoms with Crippen molar-refractivity contribution in [2.45, 2.75) is 12.3 Å². The number of hydrogen-bond acceptors (Lipinski definition) is 2. The van der Waals surface area contributed by atoms with Crippen LogP contribution in [0.15, 0.2) is 42.5 Å². The van der Waals surface area contributed by atoms with Gasteiger partial charge in [-0.15, -0.1) is 0 Å². The van der Waals surface area contributed by atoms with Crippen molar-refractivity contribution < 1.29 is 21.6 Å². The van der Waals surface area contributed by atoms with Gasteiger partial charge in [-0.25, -0.2) is 26.3 Å². The van der Waals surface area contributed by atoms with Crippen molar-refractivity contribution >= 4 is 10.0 Å². The summed E-state index contributed by atoms with van der Waals surface area (Å²) in [4.78, 5) is 0. The summed E-state index contributed by atoms with van der Waals surface area (Å²) in [6, 6.07) is 10.2. The summed E-state index contributed by atoms with van der Waals surface area (Å²) >= 11 is 0.